The summed E-state index contributed by atoms with van der Waals surface area (Å²) in [6.45, 7) is 0. The summed E-state index contributed by atoms with van der Waals surface area (Å²) >= 11 is 0. The Morgan fingerprint density at radius 1 is 1.14 bits per heavy atom. The van der Waals surface area contributed by atoms with Crippen molar-refractivity contribution in [2.24, 2.45) is 17.8 Å². The minimum Gasteiger partial charge on any atom is -0.469 e. The number of hydrogen-bond acceptors (Lipinski definition) is 8. The molecule has 4 atom stereocenters. The Morgan fingerprint density at radius 2 is 1.89 bits per heavy atom. The molecule has 2 aliphatic heterocycles. The quantitative estimate of drug-likeness (QED) is 0.576. The summed E-state index contributed by atoms with van der Waals surface area (Å²) in [4.78, 5) is 51.9. The molecule has 1 aliphatic carbocycles. The Labute approximate surface area is 159 Å². The number of hydrogen-bond donors (Lipinski definition) is 1. The zero-order valence-corrected chi connectivity index (χ0v) is 15.4. The molecule has 9 nitrogen and oxygen atoms in total. The fraction of sp³-hybridized carbons (Fsp3) is 0.368. The highest BCUT2D eigenvalue weighted by molar-refractivity contribution is 6.07. The van der Waals surface area contributed by atoms with E-state index in [-0.39, 0.29) is 5.57 Å². The molecule has 28 heavy (non-hydrogen) atoms. The van der Waals surface area contributed by atoms with Crippen molar-refractivity contribution in [3.8, 4) is 0 Å². The van der Waals surface area contributed by atoms with Crippen molar-refractivity contribution in [2.45, 2.75) is 5.41 Å². The molecule has 0 radical (unpaired) electrons. The van der Waals surface area contributed by atoms with Crippen LogP contribution in [0.3, 0.4) is 0 Å². The molecule has 0 saturated heterocycles. The van der Waals surface area contributed by atoms with E-state index in [9.17, 15) is 19.2 Å². The van der Waals surface area contributed by atoms with E-state index in [2.05, 4.69) is 5.32 Å². The molecule has 0 aromatic carbocycles. The van der Waals surface area contributed by atoms with Crippen LogP contribution in [0.5, 0.6) is 0 Å². The van der Waals surface area contributed by atoms with Crippen LogP contribution in [-0.4, -0.2) is 49.7 Å². The Hall–Kier alpha value is -3.36. The molecule has 146 valence electrons. The summed E-state index contributed by atoms with van der Waals surface area (Å²) in [5, 5.41) is 2.95. The van der Waals surface area contributed by atoms with Crippen LogP contribution in [0.25, 0.3) is 0 Å². The molecule has 0 spiro atoms. The maximum atomic E-state index is 13.3. The number of methoxy groups -OCH3 is 3. The topological polar surface area (TPSA) is 113 Å². The van der Waals surface area contributed by atoms with Crippen LogP contribution >= 0.6 is 0 Å². The van der Waals surface area contributed by atoms with Crippen LogP contribution in [0.15, 0.2) is 41.9 Å². The van der Waals surface area contributed by atoms with Gasteiger partial charge in [-0.1, -0.05) is 6.08 Å². The number of ether oxygens (including phenoxy) is 3. The largest absolute Gasteiger partial charge is 0.469 e. The molecule has 3 heterocycles. The molecular weight excluding hydrogens is 368 g/mol. The first kappa shape index (κ1) is 18.0. The number of allylic oxidation sites excluding steroid dienone is 1. The molecule has 3 aliphatic rings. The molecular formula is C19H18N2O7. The molecule has 0 amide bonds. The lowest BCUT2D eigenvalue weighted by atomic mass is 9.56. The molecule has 9 heteroatoms. The van der Waals surface area contributed by atoms with Gasteiger partial charge in [0.15, 0.2) is 0 Å². The first-order valence-corrected chi connectivity index (χ1v) is 8.59. The van der Waals surface area contributed by atoms with Gasteiger partial charge in [0.25, 0.3) is 0 Å². The van der Waals surface area contributed by atoms with Gasteiger partial charge in [0.1, 0.15) is 11.3 Å². The van der Waals surface area contributed by atoms with Gasteiger partial charge in [-0.15, -0.1) is 0 Å². The molecule has 0 fully saturated rings. The van der Waals surface area contributed by atoms with Crippen molar-refractivity contribution in [2.75, 3.05) is 21.3 Å². The maximum absolute atomic E-state index is 13.3. The van der Waals surface area contributed by atoms with Crippen molar-refractivity contribution in [1.82, 2.24) is 9.88 Å². The van der Waals surface area contributed by atoms with Crippen LogP contribution in [0, 0.1) is 17.8 Å². The fourth-order valence-electron chi connectivity index (χ4n) is 4.81. The first-order valence-electron chi connectivity index (χ1n) is 8.59. The lowest BCUT2D eigenvalue weighted by Gasteiger charge is -2.43. The van der Waals surface area contributed by atoms with Crippen molar-refractivity contribution in [3.63, 3.8) is 0 Å². The summed E-state index contributed by atoms with van der Waals surface area (Å²) in [6.07, 6.45) is 4.78. The zero-order chi connectivity index (χ0) is 20.2. The molecule has 0 bridgehead atoms. The van der Waals surface area contributed by atoms with Crippen molar-refractivity contribution < 1.29 is 33.4 Å². The average Bonchev–Trinajstić information content (AvgIpc) is 3.43. The van der Waals surface area contributed by atoms with Gasteiger partial charge < -0.3 is 19.5 Å². The van der Waals surface area contributed by atoms with Crippen LogP contribution in [0.2, 0.25) is 0 Å². The summed E-state index contributed by atoms with van der Waals surface area (Å²) in [5.74, 6) is -5.98. The predicted molar refractivity (Wildman–Crippen MR) is 92.6 cm³/mol. The Bertz CT molecular complexity index is 973. The third-order valence-corrected chi connectivity index (χ3v) is 5.81. The second kappa shape index (κ2) is 6.08. The van der Waals surface area contributed by atoms with Crippen LogP contribution in [0.1, 0.15) is 10.5 Å². The number of carbonyl (C=O) groups excluding carboxylic acids is 4. The third-order valence-electron chi connectivity index (χ3n) is 5.81. The fourth-order valence-corrected chi connectivity index (χ4v) is 4.81. The van der Waals surface area contributed by atoms with Gasteiger partial charge in [0, 0.05) is 23.5 Å². The van der Waals surface area contributed by atoms with Crippen LogP contribution < -0.4 is 5.32 Å². The third kappa shape index (κ3) is 1.90. The van der Waals surface area contributed by atoms with Crippen LogP contribution in [0.4, 0.5) is 0 Å². The minimum atomic E-state index is -1.51. The summed E-state index contributed by atoms with van der Waals surface area (Å²) in [7, 11) is 3.57. The molecule has 0 saturated carbocycles. The van der Waals surface area contributed by atoms with E-state index in [0.29, 0.717) is 11.4 Å². The highest BCUT2D eigenvalue weighted by atomic mass is 16.5. The van der Waals surface area contributed by atoms with E-state index >= 15 is 0 Å². The van der Waals surface area contributed by atoms with Crippen LogP contribution in [-0.2, 0) is 34.0 Å². The number of fused-ring (bicyclic) bond motifs is 5. The van der Waals surface area contributed by atoms with E-state index in [1.807, 2.05) is 0 Å². The number of nitrogens with one attached hydrogen (secondary N) is 1. The van der Waals surface area contributed by atoms with Crippen molar-refractivity contribution in [3.05, 3.63) is 47.6 Å². The normalized spacial score (nSPS) is 29.5. The Kier molecular flexibility index (Phi) is 3.91. The van der Waals surface area contributed by atoms with E-state index < -0.39 is 47.0 Å². The monoisotopic (exact) mass is 386 g/mol. The van der Waals surface area contributed by atoms with Gasteiger partial charge in [-0.3, -0.25) is 19.0 Å². The van der Waals surface area contributed by atoms with E-state index in [1.165, 1.54) is 25.0 Å². The highest BCUT2D eigenvalue weighted by Gasteiger charge is 2.70. The molecule has 0 unspecified atom stereocenters. The summed E-state index contributed by atoms with van der Waals surface area (Å²) in [6, 6.07) is 3.29. The predicted octanol–water partition coefficient (Wildman–Crippen LogP) is 0.132. The lowest BCUT2D eigenvalue weighted by Crippen LogP contribution is -2.57. The van der Waals surface area contributed by atoms with Gasteiger partial charge in [-0.05, 0) is 18.3 Å². The lowest BCUT2D eigenvalue weighted by molar-refractivity contribution is -0.157. The Balaban J connectivity index is 2.10. The molecule has 1 aromatic heterocycles. The standard InChI is InChI=1S/C19H18N2O7/c1-26-16(23)11-12(17(24)27-2)14-9(6-7-20-14)19(18(25)28-3)10-5-4-8-21(10)15(22)13(11)19/h4-9,11,13,20H,1-3H3/t9-,11-,13+,19+/m1/s1. The van der Waals surface area contributed by atoms with E-state index in [0.717, 1.165) is 7.11 Å². The zero-order valence-electron chi connectivity index (χ0n) is 15.4. The Morgan fingerprint density at radius 3 is 2.54 bits per heavy atom. The van der Waals surface area contributed by atoms with Crippen molar-refractivity contribution >= 4 is 23.8 Å². The molecule has 1 N–H and O–H groups in total. The van der Waals surface area contributed by atoms with Gasteiger partial charge in [-0.2, -0.15) is 0 Å². The highest BCUT2D eigenvalue weighted by Crippen LogP contribution is 2.58. The SMILES string of the molecule is COC(=O)C1=C2NC=C[C@H]2[C@]2(C(=O)OC)c3cccn3C(=O)[C@@H]2[C@@H]1C(=O)OC. The number of rotatable bonds is 3. The number of aromatic nitrogens is 1. The van der Waals surface area contributed by atoms with Gasteiger partial charge in [-0.25, -0.2) is 4.79 Å². The first-order chi connectivity index (χ1) is 13.4. The number of carbonyl (C=O) groups is 4. The van der Waals surface area contributed by atoms with Gasteiger partial charge >= 0.3 is 17.9 Å². The molecule has 4 rings (SSSR count). The number of esters is 3. The maximum Gasteiger partial charge on any atom is 0.336 e. The van der Waals surface area contributed by atoms with Crippen molar-refractivity contribution in [1.29, 1.82) is 0 Å². The summed E-state index contributed by atoms with van der Waals surface area (Å²) < 4.78 is 16.2. The van der Waals surface area contributed by atoms with E-state index in [1.54, 1.807) is 24.4 Å². The molecule has 1 aromatic rings. The summed E-state index contributed by atoms with van der Waals surface area (Å²) in [5.41, 5.74) is -0.802. The van der Waals surface area contributed by atoms with Gasteiger partial charge in [0.2, 0.25) is 5.91 Å². The average molecular weight is 386 g/mol. The minimum absolute atomic E-state index is 0.0204. The van der Waals surface area contributed by atoms with E-state index in [4.69, 9.17) is 14.2 Å². The number of nitrogens with zero attached hydrogens (tertiary/aromatic N) is 1. The van der Waals surface area contributed by atoms with Gasteiger partial charge in [0.05, 0.1) is 32.8 Å². The second-order valence-corrected chi connectivity index (χ2v) is 6.74. The smallest absolute Gasteiger partial charge is 0.336 e. The second-order valence-electron chi connectivity index (χ2n) is 6.74.